The molecule has 6 nitrogen and oxygen atoms in total. The van der Waals surface area contributed by atoms with Crippen molar-refractivity contribution in [2.24, 2.45) is 0 Å². The van der Waals surface area contributed by atoms with Crippen LogP contribution in [0, 0.1) is 5.41 Å². The lowest BCUT2D eigenvalue weighted by atomic mass is 10.1. The first-order valence-electron chi connectivity index (χ1n) is 9.73. The Hall–Kier alpha value is -3.29. The molecule has 150 valence electrons. The predicted octanol–water partition coefficient (Wildman–Crippen LogP) is 3.97. The summed E-state index contributed by atoms with van der Waals surface area (Å²) in [6, 6.07) is 20.4. The Morgan fingerprint density at radius 1 is 1.00 bits per heavy atom. The van der Waals surface area contributed by atoms with Gasteiger partial charge in [0.25, 0.3) is 10.0 Å². The van der Waals surface area contributed by atoms with E-state index in [2.05, 4.69) is 16.0 Å². The molecule has 0 unspecified atom stereocenters. The number of para-hydroxylation sites is 1. The van der Waals surface area contributed by atoms with Crippen LogP contribution in [0.2, 0.25) is 0 Å². The van der Waals surface area contributed by atoms with Crippen LogP contribution in [0.25, 0.3) is 22.2 Å². The molecule has 3 heterocycles. The van der Waals surface area contributed by atoms with Crippen LogP contribution in [0.4, 0.5) is 0 Å². The average molecular weight is 417 g/mol. The number of nitrogens with zero attached hydrogens (tertiary/aromatic N) is 2. The summed E-state index contributed by atoms with van der Waals surface area (Å²) < 4.78 is 28.1. The van der Waals surface area contributed by atoms with Crippen LogP contribution >= 0.6 is 0 Å². The van der Waals surface area contributed by atoms with Crippen LogP contribution in [0.15, 0.2) is 71.8 Å². The first-order chi connectivity index (χ1) is 14.6. The van der Waals surface area contributed by atoms with E-state index < -0.39 is 10.0 Å². The lowest BCUT2D eigenvalue weighted by molar-refractivity contribution is 0.387. The number of sulfonamides is 1. The Labute approximate surface area is 174 Å². The number of hydrogen-bond acceptors (Lipinski definition) is 4. The van der Waals surface area contributed by atoms with Gasteiger partial charge >= 0.3 is 0 Å². The molecule has 30 heavy (non-hydrogen) atoms. The van der Waals surface area contributed by atoms with Crippen LogP contribution in [0.3, 0.4) is 0 Å². The molecule has 4 aromatic rings. The highest BCUT2D eigenvalue weighted by Crippen LogP contribution is 2.30. The second kappa shape index (κ2) is 7.19. The van der Waals surface area contributed by atoms with Crippen LogP contribution in [0.5, 0.6) is 0 Å². The highest BCUT2D eigenvalue weighted by Gasteiger charge is 2.31. The molecule has 0 amide bonds. The summed E-state index contributed by atoms with van der Waals surface area (Å²) in [7, 11) is -3.72. The van der Waals surface area contributed by atoms with Crippen LogP contribution in [0.1, 0.15) is 16.8 Å². The van der Waals surface area contributed by atoms with Gasteiger partial charge in [-0.2, -0.15) is 4.31 Å². The van der Waals surface area contributed by atoms with E-state index in [9.17, 15) is 8.42 Å². The molecule has 0 saturated heterocycles. The third-order valence-electron chi connectivity index (χ3n) is 5.55. The number of aromatic amines is 1. The molecule has 0 spiro atoms. The number of aromatic nitrogens is 2. The number of rotatable bonds is 4. The maximum atomic E-state index is 13.3. The summed E-state index contributed by atoms with van der Waals surface area (Å²) in [5.74, 6) is 0. The molecule has 0 atom stereocenters. The Kier molecular flexibility index (Phi) is 4.49. The van der Waals surface area contributed by atoms with Gasteiger partial charge in [0.2, 0.25) is 0 Å². The molecular weight excluding hydrogens is 396 g/mol. The van der Waals surface area contributed by atoms with Crippen molar-refractivity contribution in [3.8, 4) is 11.3 Å². The maximum absolute atomic E-state index is 13.3. The molecule has 0 bridgehead atoms. The largest absolute Gasteiger partial charge is 0.357 e. The molecule has 1 aliphatic rings. The van der Waals surface area contributed by atoms with Gasteiger partial charge in [-0.1, -0.05) is 48.5 Å². The maximum Gasteiger partial charge on any atom is 0.260 e. The molecule has 0 fully saturated rings. The fraction of sp³-hybridized carbons (Fsp3) is 0.130. The van der Waals surface area contributed by atoms with E-state index in [4.69, 9.17) is 5.41 Å². The van der Waals surface area contributed by atoms with E-state index in [1.807, 2.05) is 42.5 Å². The van der Waals surface area contributed by atoms with Crippen molar-refractivity contribution in [3.63, 3.8) is 0 Å². The van der Waals surface area contributed by atoms with Gasteiger partial charge in [-0.15, -0.1) is 0 Å². The minimum absolute atomic E-state index is 0.0516. The first kappa shape index (κ1) is 18.7. The standard InChI is InChI=1S/C23H20N4O2S/c24-14-16-8-10-17(11-9-16)20-6-3-7-23(26-20)30(28,29)27-13-12-19-18-4-1-2-5-21(18)25-22(19)15-27/h1-11,14,24-25H,12-13,15H2. The smallest absolute Gasteiger partial charge is 0.260 e. The van der Waals surface area contributed by atoms with Crippen LogP contribution in [-0.2, 0) is 23.0 Å². The normalized spacial score (nSPS) is 14.5. The predicted molar refractivity (Wildman–Crippen MR) is 117 cm³/mol. The minimum atomic E-state index is -3.72. The Morgan fingerprint density at radius 2 is 1.80 bits per heavy atom. The second-order valence-corrected chi connectivity index (χ2v) is 9.23. The number of hydrogen-bond donors (Lipinski definition) is 2. The Bertz CT molecular complexity index is 1360. The van der Waals surface area contributed by atoms with Gasteiger partial charge in [-0.25, -0.2) is 13.4 Å². The van der Waals surface area contributed by atoms with Gasteiger partial charge < -0.3 is 10.4 Å². The van der Waals surface area contributed by atoms with E-state index in [1.54, 1.807) is 18.2 Å². The average Bonchev–Trinajstić information content (AvgIpc) is 3.17. The summed E-state index contributed by atoms with van der Waals surface area (Å²) in [5, 5.41) is 8.52. The van der Waals surface area contributed by atoms with E-state index in [0.29, 0.717) is 25.2 Å². The van der Waals surface area contributed by atoms with Gasteiger partial charge in [0, 0.05) is 34.9 Å². The topological polar surface area (TPSA) is 89.9 Å². The highest BCUT2D eigenvalue weighted by atomic mass is 32.2. The van der Waals surface area contributed by atoms with Gasteiger partial charge in [-0.05, 0) is 35.7 Å². The molecule has 7 heteroatoms. The molecule has 0 aliphatic carbocycles. The summed E-state index contributed by atoms with van der Waals surface area (Å²) >= 11 is 0. The lowest BCUT2D eigenvalue weighted by Gasteiger charge is -2.26. The Morgan fingerprint density at radius 3 is 2.60 bits per heavy atom. The van der Waals surface area contributed by atoms with Crippen molar-refractivity contribution >= 4 is 27.1 Å². The molecule has 0 saturated carbocycles. The quantitative estimate of drug-likeness (QED) is 0.493. The molecule has 2 N–H and O–H groups in total. The fourth-order valence-electron chi connectivity index (χ4n) is 3.98. The Balaban J connectivity index is 1.47. The van der Waals surface area contributed by atoms with Crippen molar-refractivity contribution in [2.75, 3.05) is 6.54 Å². The van der Waals surface area contributed by atoms with E-state index in [0.717, 1.165) is 27.7 Å². The summed E-state index contributed by atoms with van der Waals surface area (Å²) in [6.45, 7) is 0.739. The van der Waals surface area contributed by atoms with Gasteiger partial charge in [-0.3, -0.25) is 0 Å². The lowest BCUT2D eigenvalue weighted by Crippen LogP contribution is -2.36. The van der Waals surface area contributed by atoms with Crippen LogP contribution < -0.4 is 0 Å². The second-order valence-electron chi connectivity index (χ2n) is 7.34. The van der Waals surface area contributed by atoms with Gasteiger partial charge in [0.05, 0.1) is 12.2 Å². The molecular formula is C23H20N4O2S. The van der Waals surface area contributed by atoms with Crippen molar-refractivity contribution in [2.45, 2.75) is 18.0 Å². The van der Waals surface area contributed by atoms with Crippen molar-refractivity contribution in [1.29, 1.82) is 5.41 Å². The van der Waals surface area contributed by atoms with Crippen molar-refractivity contribution in [3.05, 3.63) is 83.6 Å². The fourth-order valence-corrected chi connectivity index (χ4v) is 5.33. The summed E-state index contributed by atoms with van der Waals surface area (Å²) in [4.78, 5) is 7.82. The van der Waals surface area contributed by atoms with Gasteiger partial charge in [0.1, 0.15) is 0 Å². The zero-order valence-electron chi connectivity index (χ0n) is 16.2. The SMILES string of the molecule is N=Cc1ccc(-c2cccc(S(=O)(=O)N3CCc4c([nH]c5ccccc45)C3)n2)cc1. The van der Waals surface area contributed by atoms with Gasteiger partial charge in [0.15, 0.2) is 5.03 Å². The molecule has 2 aromatic carbocycles. The number of benzene rings is 2. The molecule has 0 radical (unpaired) electrons. The zero-order valence-corrected chi connectivity index (χ0v) is 17.0. The molecule has 1 aliphatic heterocycles. The van der Waals surface area contributed by atoms with Crippen molar-refractivity contribution < 1.29 is 8.42 Å². The number of fused-ring (bicyclic) bond motifs is 3. The minimum Gasteiger partial charge on any atom is -0.357 e. The first-order valence-corrected chi connectivity index (χ1v) is 11.2. The third kappa shape index (κ3) is 3.12. The number of pyridine rings is 1. The third-order valence-corrected chi connectivity index (χ3v) is 7.30. The van der Waals surface area contributed by atoms with E-state index in [-0.39, 0.29) is 5.03 Å². The molecule has 5 rings (SSSR count). The van der Waals surface area contributed by atoms with E-state index in [1.165, 1.54) is 16.1 Å². The summed E-state index contributed by atoms with van der Waals surface area (Å²) in [6.07, 6.45) is 1.94. The van der Waals surface area contributed by atoms with Crippen molar-refractivity contribution in [1.82, 2.24) is 14.3 Å². The molecule has 2 aromatic heterocycles. The number of H-pyrrole nitrogens is 1. The van der Waals surface area contributed by atoms with E-state index >= 15 is 0 Å². The monoisotopic (exact) mass is 416 g/mol. The zero-order chi connectivity index (χ0) is 20.7. The van der Waals surface area contributed by atoms with Crippen LogP contribution in [-0.4, -0.2) is 35.5 Å². The summed E-state index contributed by atoms with van der Waals surface area (Å²) in [5.41, 5.74) is 5.37. The highest BCUT2D eigenvalue weighted by molar-refractivity contribution is 7.89. The number of nitrogens with one attached hydrogen (secondary N) is 2.